The van der Waals surface area contributed by atoms with E-state index >= 15 is 0 Å². The molecule has 0 saturated heterocycles. The van der Waals surface area contributed by atoms with Crippen LogP contribution in [0, 0.1) is 5.82 Å². The molecule has 0 N–H and O–H groups in total. The Morgan fingerprint density at radius 2 is 1.89 bits per heavy atom. The average Bonchev–Trinajstić information content (AvgIpc) is 3.60. The first kappa shape index (κ1) is 26.3. The van der Waals surface area contributed by atoms with Crippen molar-refractivity contribution in [1.82, 2.24) is 9.91 Å². The second-order valence-corrected chi connectivity index (χ2v) is 9.27. The molecule has 2 heterocycles. The SMILES string of the molecule is COCCN(CC(=O)N1N=C(c2cccs2)C[C@@H]1c1ccc(OC)c(OC)c1)C(=O)c1cccc(F)c1. The van der Waals surface area contributed by atoms with E-state index in [0.29, 0.717) is 17.9 Å². The van der Waals surface area contributed by atoms with E-state index in [1.54, 1.807) is 31.6 Å². The fraction of sp³-hybridized carbons (Fsp3) is 0.296. The lowest BCUT2D eigenvalue weighted by Crippen LogP contribution is -2.42. The van der Waals surface area contributed by atoms with Gasteiger partial charge in [0, 0.05) is 25.6 Å². The van der Waals surface area contributed by atoms with Crippen molar-refractivity contribution in [3.63, 3.8) is 0 Å². The molecule has 0 aliphatic carbocycles. The summed E-state index contributed by atoms with van der Waals surface area (Å²) in [7, 11) is 4.63. The first-order chi connectivity index (χ1) is 17.9. The zero-order chi connectivity index (χ0) is 26.4. The molecule has 37 heavy (non-hydrogen) atoms. The van der Waals surface area contributed by atoms with Gasteiger partial charge in [0.2, 0.25) is 0 Å². The quantitative estimate of drug-likeness (QED) is 0.393. The number of benzene rings is 2. The lowest BCUT2D eigenvalue weighted by Gasteiger charge is -2.27. The van der Waals surface area contributed by atoms with E-state index in [4.69, 9.17) is 14.2 Å². The van der Waals surface area contributed by atoms with Crippen LogP contribution in [0.1, 0.15) is 33.3 Å². The van der Waals surface area contributed by atoms with Gasteiger partial charge in [-0.25, -0.2) is 9.40 Å². The fourth-order valence-electron chi connectivity index (χ4n) is 4.15. The van der Waals surface area contributed by atoms with Crippen molar-refractivity contribution in [1.29, 1.82) is 0 Å². The van der Waals surface area contributed by atoms with Crippen LogP contribution in [0.4, 0.5) is 4.39 Å². The topological polar surface area (TPSA) is 80.7 Å². The van der Waals surface area contributed by atoms with Crippen LogP contribution in [0.2, 0.25) is 0 Å². The van der Waals surface area contributed by atoms with Gasteiger partial charge in [-0.05, 0) is 47.3 Å². The van der Waals surface area contributed by atoms with E-state index in [0.717, 1.165) is 22.2 Å². The van der Waals surface area contributed by atoms with E-state index in [9.17, 15) is 14.0 Å². The zero-order valence-electron chi connectivity index (χ0n) is 20.8. The Morgan fingerprint density at radius 3 is 2.57 bits per heavy atom. The predicted octanol–water partition coefficient (Wildman–Crippen LogP) is 4.37. The van der Waals surface area contributed by atoms with Crippen LogP contribution in [0.3, 0.4) is 0 Å². The van der Waals surface area contributed by atoms with Gasteiger partial charge in [0.05, 0.1) is 37.5 Å². The summed E-state index contributed by atoms with van der Waals surface area (Å²) in [4.78, 5) is 29.2. The number of halogens is 1. The highest BCUT2D eigenvalue weighted by Crippen LogP contribution is 2.38. The third-order valence-corrected chi connectivity index (χ3v) is 6.93. The maximum absolute atomic E-state index is 13.8. The second kappa shape index (κ2) is 12.0. The normalized spacial score (nSPS) is 14.9. The summed E-state index contributed by atoms with van der Waals surface area (Å²) >= 11 is 1.54. The molecule has 10 heteroatoms. The Kier molecular flexibility index (Phi) is 8.52. The van der Waals surface area contributed by atoms with Crippen LogP contribution in [0.15, 0.2) is 65.1 Å². The third kappa shape index (κ3) is 5.98. The van der Waals surface area contributed by atoms with Crippen LogP contribution in [0.25, 0.3) is 0 Å². The summed E-state index contributed by atoms with van der Waals surface area (Å²) in [5.41, 5.74) is 1.76. The Balaban J connectivity index is 1.64. The van der Waals surface area contributed by atoms with Crippen LogP contribution in [-0.2, 0) is 9.53 Å². The van der Waals surface area contributed by atoms with Crippen LogP contribution < -0.4 is 9.47 Å². The number of methoxy groups -OCH3 is 3. The van der Waals surface area contributed by atoms with Crippen molar-refractivity contribution in [2.45, 2.75) is 12.5 Å². The van der Waals surface area contributed by atoms with E-state index in [-0.39, 0.29) is 31.2 Å². The summed E-state index contributed by atoms with van der Waals surface area (Å²) in [5.74, 6) is -0.239. The highest BCUT2D eigenvalue weighted by atomic mass is 32.1. The van der Waals surface area contributed by atoms with Crippen LogP contribution in [-0.4, -0.2) is 68.5 Å². The standard InChI is InChI=1S/C27H28FN3O5S/c1-34-12-11-30(27(33)19-6-4-7-20(28)14-19)17-26(32)31-22(16-21(29-31)25-8-5-13-37-25)18-9-10-23(35-2)24(15-18)36-3/h4-10,13-15,22H,11-12,16-17H2,1-3H3/t22-/m1/s1. The summed E-state index contributed by atoms with van der Waals surface area (Å²) in [6, 6.07) is 14.4. The minimum absolute atomic E-state index is 0.157. The van der Waals surface area contributed by atoms with Crippen molar-refractivity contribution < 1.29 is 28.2 Å². The molecular formula is C27H28FN3O5S. The lowest BCUT2D eigenvalue weighted by atomic mass is 10.0. The molecule has 1 aliphatic rings. The molecule has 4 rings (SSSR count). The van der Waals surface area contributed by atoms with Gasteiger partial charge in [0.25, 0.3) is 11.8 Å². The number of amides is 2. The molecule has 0 radical (unpaired) electrons. The summed E-state index contributed by atoms with van der Waals surface area (Å²) in [5, 5.41) is 8.06. The molecule has 0 unspecified atom stereocenters. The molecule has 1 atom stereocenters. The number of thiophene rings is 1. The average molecular weight is 526 g/mol. The first-order valence-electron chi connectivity index (χ1n) is 11.6. The number of nitrogens with zero attached hydrogens (tertiary/aromatic N) is 3. The van der Waals surface area contributed by atoms with Gasteiger partial charge < -0.3 is 19.1 Å². The predicted molar refractivity (Wildman–Crippen MR) is 139 cm³/mol. The smallest absolute Gasteiger partial charge is 0.262 e. The van der Waals surface area contributed by atoms with Gasteiger partial charge in [-0.15, -0.1) is 11.3 Å². The molecule has 8 nitrogen and oxygen atoms in total. The molecule has 194 valence electrons. The van der Waals surface area contributed by atoms with Crippen molar-refractivity contribution in [3.05, 3.63) is 81.8 Å². The van der Waals surface area contributed by atoms with E-state index < -0.39 is 17.8 Å². The maximum Gasteiger partial charge on any atom is 0.262 e. The highest BCUT2D eigenvalue weighted by molar-refractivity contribution is 7.12. The zero-order valence-corrected chi connectivity index (χ0v) is 21.7. The molecule has 0 saturated carbocycles. The van der Waals surface area contributed by atoms with E-state index in [2.05, 4.69) is 5.10 Å². The third-order valence-electron chi connectivity index (χ3n) is 6.01. The molecule has 2 amide bonds. The number of ether oxygens (including phenoxy) is 3. The molecule has 3 aromatic rings. The number of hydrogen-bond acceptors (Lipinski definition) is 7. The Morgan fingerprint density at radius 1 is 1.08 bits per heavy atom. The monoisotopic (exact) mass is 525 g/mol. The summed E-state index contributed by atoms with van der Waals surface area (Å²) in [6.07, 6.45) is 0.498. The van der Waals surface area contributed by atoms with Gasteiger partial charge in [0.15, 0.2) is 11.5 Å². The number of hydrazone groups is 1. The van der Waals surface area contributed by atoms with Crippen molar-refractivity contribution in [3.8, 4) is 11.5 Å². The van der Waals surface area contributed by atoms with E-state index in [1.807, 2.05) is 29.6 Å². The molecule has 2 aromatic carbocycles. The molecule has 1 aliphatic heterocycles. The van der Waals surface area contributed by atoms with Gasteiger partial charge in [-0.3, -0.25) is 9.59 Å². The Labute approximate surface area is 218 Å². The summed E-state index contributed by atoms with van der Waals surface area (Å²) < 4.78 is 29.8. The fourth-order valence-corrected chi connectivity index (χ4v) is 4.87. The van der Waals surface area contributed by atoms with Crippen LogP contribution in [0.5, 0.6) is 11.5 Å². The number of carbonyl (C=O) groups excluding carboxylic acids is 2. The number of hydrogen-bond donors (Lipinski definition) is 0. The first-order valence-corrected chi connectivity index (χ1v) is 12.5. The minimum Gasteiger partial charge on any atom is -0.493 e. The molecule has 1 aromatic heterocycles. The summed E-state index contributed by atoms with van der Waals surface area (Å²) in [6.45, 7) is 0.134. The van der Waals surface area contributed by atoms with Crippen molar-refractivity contribution in [2.24, 2.45) is 5.10 Å². The van der Waals surface area contributed by atoms with Crippen molar-refractivity contribution in [2.75, 3.05) is 41.0 Å². The van der Waals surface area contributed by atoms with Gasteiger partial charge in [-0.1, -0.05) is 18.2 Å². The van der Waals surface area contributed by atoms with Gasteiger partial charge >= 0.3 is 0 Å². The maximum atomic E-state index is 13.8. The van der Waals surface area contributed by atoms with Gasteiger partial charge in [-0.2, -0.15) is 5.10 Å². The largest absolute Gasteiger partial charge is 0.493 e. The highest BCUT2D eigenvalue weighted by Gasteiger charge is 2.35. The lowest BCUT2D eigenvalue weighted by molar-refractivity contribution is -0.133. The molecular weight excluding hydrogens is 497 g/mol. The van der Waals surface area contributed by atoms with Crippen molar-refractivity contribution >= 4 is 28.9 Å². The minimum atomic E-state index is -0.526. The number of carbonyl (C=O) groups is 2. The molecule has 0 spiro atoms. The van der Waals surface area contributed by atoms with E-state index in [1.165, 1.54) is 35.2 Å². The van der Waals surface area contributed by atoms with Crippen LogP contribution >= 0.6 is 11.3 Å². The Bertz CT molecular complexity index is 1280. The molecule has 0 bridgehead atoms. The molecule has 0 fully saturated rings. The second-order valence-electron chi connectivity index (χ2n) is 8.33. The Hall–Kier alpha value is -3.76. The number of rotatable bonds is 10. The van der Waals surface area contributed by atoms with Gasteiger partial charge in [0.1, 0.15) is 12.4 Å².